The number of halogens is 3. The summed E-state index contributed by atoms with van der Waals surface area (Å²) >= 11 is 5.62. The van der Waals surface area contributed by atoms with Crippen LogP contribution in [0.25, 0.3) is 0 Å². The SMILES string of the molecule is O=C1N[C@H](c2cccc(Cl)c2O)C(F)(F)CO1. The number of amides is 1. The molecule has 4 nitrogen and oxygen atoms in total. The molecule has 1 atom stereocenters. The number of alkyl halides is 2. The average Bonchev–Trinajstić information content (AvgIpc) is 2.26. The van der Waals surface area contributed by atoms with Crippen molar-refractivity contribution >= 4 is 17.7 Å². The van der Waals surface area contributed by atoms with E-state index in [4.69, 9.17) is 11.6 Å². The smallest absolute Gasteiger partial charge is 0.408 e. The summed E-state index contributed by atoms with van der Waals surface area (Å²) in [5.74, 6) is -3.78. The van der Waals surface area contributed by atoms with Gasteiger partial charge in [0.1, 0.15) is 11.8 Å². The largest absolute Gasteiger partial charge is 0.506 e. The molecule has 7 heteroatoms. The monoisotopic (exact) mass is 263 g/mol. The molecule has 0 bridgehead atoms. The zero-order chi connectivity index (χ0) is 12.6. The predicted octanol–water partition coefficient (Wildman–Crippen LogP) is 2.46. The molecule has 0 aliphatic carbocycles. The Morgan fingerprint density at radius 2 is 2.24 bits per heavy atom. The van der Waals surface area contributed by atoms with Gasteiger partial charge in [-0.1, -0.05) is 23.7 Å². The van der Waals surface area contributed by atoms with Gasteiger partial charge in [-0.2, -0.15) is 0 Å². The van der Waals surface area contributed by atoms with E-state index in [2.05, 4.69) is 4.74 Å². The Bertz CT molecular complexity index is 467. The van der Waals surface area contributed by atoms with E-state index in [1.165, 1.54) is 18.2 Å². The lowest BCUT2D eigenvalue weighted by Crippen LogP contribution is -2.49. The molecule has 2 N–H and O–H groups in total. The summed E-state index contributed by atoms with van der Waals surface area (Å²) < 4.78 is 31.3. The van der Waals surface area contributed by atoms with E-state index in [9.17, 15) is 18.7 Å². The first kappa shape index (κ1) is 11.9. The molecule has 92 valence electrons. The van der Waals surface area contributed by atoms with Gasteiger partial charge in [0.15, 0.2) is 6.61 Å². The second-order valence-corrected chi connectivity index (χ2v) is 4.00. The van der Waals surface area contributed by atoms with E-state index in [0.29, 0.717) is 0 Å². The number of carbonyl (C=O) groups is 1. The number of alkyl carbamates (subject to hydrolysis) is 1. The zero-order valence-electron chi connectivity index (χ0n) is 8.41. The fourth-order valence-corrected chi connectivity index (χ4v) is 1.76. The highest BCUT2D eigenvalue weighted by Gasteiger charge is 2.47. The Labute approximate surface area is 100 Å². The van der Waals surface area contributed by atoms with Gasteiger partial charge in [-0.25, -0.2) is 13.6 Å². The quantitative estimate of drug-likeness (QED) is 0.818. The fourth-order valence-electron chi connectivity index (χ4n) is 1.58. The van der Waals surface area contributed by atoms with Gasteiger partial charge in [0.05, 0.1) is 5.02 Å². The standard InChI is InChI=1S/C10H8ClF2NO3/c11-6-3-1-2-5(7(6)15)8-10(12,13)4-17-9(16)14-8/h1-3,8,15H,4H2,(H,14,16)/t8-/m1/s1. The molecule has 1 fully saturated rings. The molecule has 2 rings (SSSR count). The maximum Gasteiger partial charge on any atom is 0.408 e. The van der Waals surface area contributed by atoms with E-state index in [-0.39, 0.29) is 10.6 Å². The van der Waals surface area contributed by atoms with Crippen LogP contribution in [-0.4, -0.2) is 23.7 Å². The Hall–Kier alpha value is -1.56. The van der Waals surface area contributed by atoms with Gasteiger partial charge in [0.25, 0.3) is 0 Å². The molecule has 0 radical (unpaired) electrons. The summed E-state index contributed by atoms with van der Waals surface area (Å²) in [5.41, 5.74) is -0.140. The highest BCUT2D eigenvalue weighted by molar-refractivity contribution is 6.32. The van der Waals surface area contributed by atoms with Crippen LogP contribution in [0, 0.1) is 0 Å². The van der Waals surface area contributed by atoms with Crippen molar-refractivity contribution < 1.29 is 23.4 Å². The topological polar surface area (TPSA) is 58.6 Å². The average molecular weight is 264 g/mol. The lowest BCUT2D eigenvalue weighted by molar-refractivity contribution is -0.104. The first-order valence-electron chi connectivity index (χ1n) is 4.70. The Kier molecular flexibility index (Phi) is 2.82. The lowest BCUT2D eigenvalue weighted by atomic mass is 9.99. The molecule has 1 saturated heterocycles. The molecular weight excluding hydrogens is 256 g/mol. The minimum atomic E-state index is -3.31. The number of ether oxygens (including phenoxy) is 1. The van der Waals surface area contributed by atoms with Gasteiger partial charge >= 0.3 is 12.0 Å². The van der Waals surface area contributed by atoms with Crippen molar-refractivity contribution in [2.45, 2.75) is 12.0 Å². The maximum atomic E-state index is 13.5. The van der Waals surface area contributed by atoms with E-state index < -0.39 is 30.4 Å². The van der Waals surface area contributed by atoms with Crippen LogP contribution in [0.4, 0.5) is 13.6 Å². The van der Waals surface area contributed by atoms with Crippen molar-refractivity contribution in [3.8, 4) is 5.75 Å². The second kappa shape index (κ2) is 4.03. The van der Waals surface area contributed by atoms with Crippen molar-refractivity contribution in [3.63, 3.8) is 0 Å². The third-order valence-corrected chi connectivity index (χ3v) is 2.71. The maximum absolute atomic E-state index is 13.5. The van der Waals surface area contributed by atoms with Crippen molar-refractivity contribution in [1.82, 2.24) is 5.32 Å². The molecule has 0 saturated carbocycles. The van der Waals surface area contributed by atoms with E-state index in [0.717, 1.165) is 0 Å². The minimum Gasteiger partial charge on any atom is -0.506 e. The van der Waals surface area contributed by atoms with Crippen molar-refractivity contribution in [2.75, 3.05) is 6.61 Å². The molecule has 17 heavy (non-hydrogen) atoms. The number of benzene rings is 1. The molecular formula is C10H8ClF2NO3. The number of aromatic hydroxyl groups is 1. The zero-order valence-corrected chi connectivity index (χ0v) is 9.17. The normalized spacial score (nSPS) is 22.8. The third kappa shape index (κ3) is 2.12. The summed E-state index contributed by atoms with van der Waals surface area (Å²) in [5, 5.41) is 11.5. The highest BCUT2D eigenvalue weighted by atomic mass is 35.5. The molecule has 1 aromatic rings. The molecule has 1 aliphatic heterocycles. The number of carbonyl (C=O) groups excluding carboxylic acids is 1. The number of para-hydroxylation sites is 1. The summed E-state index contributed by atoms with van der Waals surface area (Å²) in [7, 11) is 0. The molecule has 0 aromatic heterocycles. The van der Waals surface area contributed by atoms with Gasteiger partial charge in [-0.15, -0.1) is 0 Å². The summed E-state index contributed by atoms with van der Waals surface area (Å²) in [4.78, 5) is 10.9. The van der Waals surface area contributed by atoms with Gasteiger partial charge in [0.2, 0.25) is 0 Å². The molecule has 1 aromatic carbocycles. The van der Waals surface area contributed by atoms with Crippen molar-refractivity contribution in [3.05, 3.63) is 28.8 Å². The highest BCUT2D eigenvalue weighted by Crippen LogP contribution is 2.40. The number of hydrogen-bond acceptors (Lipinski definition) is 3. The lowest BCUT2D eigenvalue weighted by Gasteiger charge is -2.32. The van der Waals surface area contributed by atoms with Crippen LogP contribution < -0.4 is 5.32 Å². The minimum absolute atomic E-state index is 0.0564. The van der Waals surface area contributed by atoms with Crippen LogP contribution in [-0.2, 0) is 4.74 Å². The van der Waals surface area contributed by atoms with Crippen molar-refractivity contribution in [1.29, 1.82) is 0 Å². The third-order valence-electron chi connectivity index (χ3n) is 2.41. The van der Waals surface area contributed by atoms with Gasteiger partial charge in [-0.05, 0) is 6.07 Å². The van der Waals surface area contributed by atoms with Gasteiger partial charge in [-0.3, -0.25) is 0 Å². The van der Waals surface area contributed by atoms with Gasteiger partial charge in [0, 0.05) is 5.56 Å². The first-order valence-corrected chi connectivity index (χ1v) is 5.08. The number of phenolic OH excluding ortho intramolecular Hbond substituents is 1. The number of phenols is 1. The number of hydrogen-bond donors (Lipinski definition) is 2. The molecule has 0 spiro atoms. The Morgan fingerprint density at radius 3 is 2.94 bits per heavy atom. The van der Waals surface area contributed by atoms with Crippen LogP contribution >= 0.6 is 11.6 Å². The number of rotatable bonds is 1. The fraction of sp³-hybridized carbons (Fsp3) is 0.300. The molecule has 1 aliphatic rings. The number of nitrogens with one attached hydrogen (secondary N) is 1. The molecule has 1 amide bonds. The number of cyclic esters (lactones) is 1. The molecule has 1 heterocycles. The summed E-state index contributed by atoms with van der Waals surface area (Å²) in [6.07, 6.45) is -0.958. The van der Waals surface area contributed by atoms with Crippen LogP contribution in [0.3, 0.4) is 0 Å². The Balaban J connectivity index is 2.43. The van der Waals surface area contributed by atoms with Crippen LogP contribution in [0.2, 0.25) is 5.02 Å². The summed E-state index contributed by atoms with van der Waals surface area (Å²) in [6, 6.07) is 2.39. The molecule has 0 unspecified atom stereocenters. The van der Waals surface area contributed by atoms with E-state index >= 15 is 0 Å². The summed E-state index contributed by atoms with van der Waals surface area (Å²) in [6.45, 7) is -1.03. The van der Waals surface area contributed by atoms with E-state index in [1.807, 2.05) is 5.32 Å². The van der Waals surface area contributed by atoms with Crippen LogP contribution in [0.1, 0.15) is 11.6 Å². The van der Waals surface area contributed by atoms with Crippen LogP contribution in [0.5, 0.6) is 5.75 Å². The Morgan fingerprint density at radius 1 is 1.53 bits per heavy atom. The predicted molar refractivity (Wildman–Crippen MR) is 55.3 cm³/mol. The van der Waals surface area contributed by atoms with Crippen LogP contribution in [0.15, 0.2) is 18.2 Å². The van der Waals surface area contributed by atoms with E-state index in [1.54, 1.807) is 0 Å². The first-order chi connectivity index (χ1) is 7.92. The van der Waals surface area contributed by atoms with Crippen molar-refractivity contribution in [2.24, 2.45) is 0 Å². The second-order valence-electron chi connectivity index (χ2n) is 3.59. The van der Waals surface area contributed by atoms with Gasteiger partial charge < -0.3 is 15.2 Å².